The predicted molar refractivity (Wildman–Crippen MR) is 91.0 cm³/mol. The first-order valence-electron chi connectivity index (χ1n) is 8.00. The molecular weight excluding hydrogens is 276 g/mol. The van der Waals surface area contributed by atoms with Gasteiger partial charge in [-0.15, -0.1) is 0 Å². The Morgan fingerprint density at radius 3 is 2.18 bits per heavy atom. The fraction of sp³-hybridized carbons (Fsp3) is 0.474. The summed E-state index contributed by atoms with van der Waals surface area (Å²) in [4.78, 5) is 0. The zero-order chi connectivity index (χ0) is 16.1. The third kappa shape index (κ3) is 2.91. The number of benzene rings is 2. The van der Waals surface area contributed by atoms with Crippen molar-refractivity contribution in [1.29, 1.82) is 0 Å². The van der Waals surface area contributed by atoms with Crippen LogP contribution in [0.4, 0.5) is 0 Å². The van der Waals surface area contributed by atoms with E-state index in [2.05, 4.69) is 19.9 Å². The molecule has 2 aromatic rings. The van der Waals surface area contributed by atoms with Crippen LogP contribution in [0.2, 0.25) is 0 Å². The molecule has 120 valence electrons. The highest BCUT2D eigenvalue weighted by molar-refractivity contribution is 5.93. The van der Waals surface area contributed by atoms with Crippen molar-refractivity contribution in [2.45, 2.75) is 46.1 Å². The fourth-order valence-corrected chi connectivity index (χ4v) is 3.23. The van der Waals surface area contributed by atoms with Gasteiger partial charge in [-0.1, -0.05) is 32.8 Å². The fourth-order valence-electron chi connectivity index (χ4n) is 3.23. The standard InChI is InChI=1S/C19H26O3/c1-5-7-15-17(21-3)10-9-13-11-14(12-20)19(22-4)16(8-6-2)18(13)15/h9-11,20H,5-8,12H2,1-4H3. The molecular formula is C19H26O3. The van der Waals surface area contributed by atoms with Crippen LogP contribution in [0.15, 0.2) is 18.2 Å². The number of aryl methyl sites for hydroxylation is 2. The Balaban J connectivity index is 2.88. The first kappa shape index (κ1) is 16.6. The molecule has 0 aliphatic rings. The number of hydrogen-bond acceptors (Lipinski definition) is 3. The third-order valence-corrected chi connectivity index (χ3v) is 4.09. The number of aliphatic hydroxyl groups is 1. The van der Waals surface area contributed by atoms with Gasteiger partial charge in [-0.3, -0.25) is 0 Å². The van der Waals surface area contributed by atoms with Gasteiger partial charge >= 0.3 is 0 Å². The van der Waals surface area contributed by atoms with Crippen molar-refractivity contribution in [1.82, 2.24) is 0 Å². The molecule has 2 aromatic carbocycles. The van der Waals surface area contributed by atoms with Gasteiger partial charge in [0.25, 0.3) is 0 Å². The highest BCUT2D eigenvalue weighted by atomic mass is 16.5. The monoisotopic (exact) mass is 302 g/mol. The maximum Gasteiger partial charge on any atom is 0.128 e. The van der Waals surface area contributed by atoms with E-state index in [0.717, 1.165) is 48.1 Å². The summed E-state index contributed by atoms with van der Waals surface area (Å²) < 4.78 is 11.2. The summed E-state index contributed by atoms with van der Waals surface area (Å²) in [6, 6.07) is 6.13. The van der Waals surface area contributed by atoms with E-state index in [9.17, 15) is 5.11 Å². The Labute approximate surface area is 132 Å². The zero-order valence-corrected chi connectivity index (χ0v) is 14.0. The van der Waals surface area contributed by atoms with Gasteiger partial charge in [-0.25, -0.2) is 0 Å². The summed E-state index contributed by atoms with van der Waals surface area (Å²) in [7, 11) is 3.40. The lowest BCUT2D eigenvalue weighted by Crippen LogP contribution is -2.03. The molecule has 22 heavy (non-hydrogen) atoms. The molecule has 0 spiro atoms. The van der Waals surface area contributed by atoms with E-state index in [1.54, 1.807) is 14.2 Å². The van der Waals surface area contributed by atoms with Gasteiger partial charge in [0.15, 0.2) is 0 Å². The largest absolute Gasteiger partial charge is 0.496 e. The summed E-state index contributed by atoms with van der Waals surface area (Å²) in [5, 5.41) is 12.1. The SMILES string of the molecule is CCCc1c(OC)ccc2cc(CO)c(OC)c(CCC)c12. The van der Waals surface area contributed by atoms with Gasteiger partial charge < -0.3 is 14.6 Å². The van der Waals surface area contributed by atoms with Crippen LogP contribution in [-0.2, 0) is 19.4 Å². The Kier molecular flexibility index (Phi) is 5.67. The lowest BCUT2D eigenvalue weighted by atomic mass is 9.91. The van der Waals surface area contributed by atoms with Crippen LogP contribution in [0, 0.1) is 0 Å². The number of methoxy groups -OCH3 is 2. The van der Waals surface area contributed by atoms with Crippen LogP contribution in [0.25, 0.3) is 10.8 Å². The third-order valence-electron chi connectivity index (χ3n) is 4.09. The van der Waals surface area contributed by atoms with Crippen LogP contribution in [0.1, 0.15) is 43.4 Å². The maximum absolute atomic E-state index is 9.67. The second-order valence-corrected chi connectivity index (χ2v) is 5.55. The van der Waals surface area contributed by atoms with E-state index in [1.807, 2.05) is 12.1 Å². The van der Waals surface area contributed by atoms with Crippen LogP contribution in [0.5, 0.6) is 11.5 Å². The van der Waals surface area contributed by atoms with Crippen molar-refractivity contribution in [3.8, 4) is 11.5 Å². The number of hydrogen-bond donors (Lipinski definition) is 1. The van der Waals surface area contributed by atoms with E-state index in [0.29, 0.717) is 0 Å². The average Bonchev–Trinajstić information content (AvgIpc) is 2.54. The lowest BCUT2D eigenvalue weighted by molar-refractivity contribution is 0.273. The Morgan fingerprint density at radius 1 is 0.955 bits per heavy atom. The topological polar surface area (TPSA) is 38.7 Å². The second kappa shape index (κ2) is 7.50. The molecule has 3 nitrogen and oxygen atoms in total. The van der Waals surface area contributed by atoms with Crippen LogP contribution >= 0.6 is 0 Å². The minimum Gasteiger partial charge on any atom is -0.496 e. The van der Waals surface area contributed by atoms with Crippen molar-refractivity contribution >= 4 is 10.8 Å². The summed E-state index contributed by atoms with van der Waals surface area (Å²) in [6.45, 7) is 4.33. The average molecular weight is 302 g/mol. The number of aliphatic hydroxyl groups excluding tert-OH is 1. The Morgan fingerprint density at radius 2 is 1.64 bits per heavy atom. The van der Waals surface area contributed by atoms with Crippen LogP contribution < -0.4 is 9.47 Å². The molecule has 2 rings (SSSR count). The Bertz CT molecular complexity index is 647. The molecule has 0 aromatic heterocycles. The zero-order valence-electron chi connectivity index (χ0n) is 14.0. The summed E-state index contributed by atoms with van der Waals surface area (Å²) in [6.07, 6.45) is 3.99. The number of ether oxygens (including phenoxy) is 2. The minimum atomic E-state index is -0.00896. The second-order valence-electron chi connectivity index (χ2n) is 5.55. The minimum absolute atomic E-state index is 0.00896. The number of rotatable bonds is 7. The van der Waals surface area contributed by atoms with Crippen LogP contribution in [0.3, 0.4) is 0 Å². The van der Waals surface area contributed by atoms with E-state index in [-0.39, 0.29) is 6.61 Å². The van der Waals surface area contributed by atoms with Gasteiger partial charge in [0, 0.05) is 16.7 Å². The summed E-state index contributed by atoms with van der Waals surface area (Å²) in [5.41, 5.74) is 3.29. The lowest BCUT2D eigenvalue weighted by Gasteiger charge is -2.19. The molecule has 0 radical (unpaired) electrons. The quantitative estimate of drug-likeness (QED) is 0.831. The van der Waals surface area contributed by atoms with Crippen molar-refractivity contribution in [3.05, 3.63) is 34.9 Å². The molecule has 3 heteroatoms. The predicted octanol–water partition coefficient (Wildman–Crippen LogP) is 4.25. The first-order chi connectivity index (χ1) is 10.7. The van der Waals surface area contributed by atoms with Gasteiger partial charge in [-0.2, -0.15) is 0 Å². The van der Waals surface area contributed by atoms with Crippen molar-refractivity contribution in [2.24, 2.45) is 0 Å². The molecule has 1 N–H and O–H groups in total. The van der Waals surface area contributed by atoms with Gasteiger partial charge in [0.2, 0.25) is 0 Å². The Hall–Kier alpha value is -1.74. The molecule has 0 fully saturated rings. The molecule has 0 bridgehead atoms. The smallest absolute Gasteiger partial charge is 0.128 e. The normalized spacial score (nSPS) is 11.0. The van der Waals surface area contributed by atoms with Crippen molar-refractivity contribution in [2.75, 3.05) is 14.2 Å². The molecule has 0 atom stereocenters. The molecule has 0 aliphatic carbocycles. The molecule has 0 unspecified atom stereocenters. The first-order valence-corrected chi connectivity index (χ1v) is 8.00. The van der Waals surface area contributed by atoms with E-state index >= 15 is 0 Å². The van der Waals surface area contributed by atoms with Crippen molar-refractivity contribution < 1.29 is 14.6 Å². The molecule has 0 saturated carbocycles. The molecule has 0 amide bonds. The molecule has 0 saturated heterocycles. The molecule has 0 heterocycles. The highest BCUT2D eigenvalue weighted by Crippen LogP contribution is 2.39. The molecule has 0 aliphatic heterocycles. The van der Waals surface area contributed by atoms with Gasteiger partial charge in [0.05, 0.1) is 20.8 Å². The van der Waals surface area contributed by atoms with Gasteiger partial charge in [-0.05, 0) is 35.7 Å². The van der Waals surface area contributed by atoms with Crippen LogP contribution in [-0.4, -0.2) is 19.3 Å². The van der Waals surface area contributed by atoms with E-state index < -0.39 is 0 Å². The van der Waals surface area contributed by atoms with Crippen molar-refractivity contribution in [3.63, 3.8) is 0 Å². The summed E-state index contributed by atoms with van der Waals surface area (Å²) in [5.74, 6) is 1.76. The highest BCUT2D eigenvalue weighted by Gasteiger charge is 2.18. The number of fused-ring (bicyclic) bond motifs is 1. The van der Waals surface area contributed by atoms with E-state index in [4.69, 9.17) is 9.47 Å². The van der Waals surface area contributed by atoms with E-state index in [1.165, 1.54) is 16.5 Å². The summed E-state index contributed by atoms with van der Waals surface area (Å²) >= 11 is 0. The van der Waals surface area contributed by atoms with Gasteiger partial charge in [0.1, 0.15) is 11.5 Å². The maximum atomic E-state index is 9.67.